The van der Waals surface area contributed by atoms with E-state index in [4.69, 9.17) is 10.00 Å². The van der Waals surface area contributed by atoms with Gasteiger partial charge in [-0.25, -0.2) is 4.39 Å². The van der Waals surface area contributed by atoms with Gasteiger partial charge in [0.05, 0.1) is 11.6 Å². The molecule has 0 atom stereocenters. The third-order valence-electron chi connectivity index (χ3n) is 3.08. The Kier molecular flexibility index (Phi) is 5.10. The summed E-state index contributed by atoms with van der Waals surface area (Å²) in [5.41, 5.74) is 1.08. The number of hydrogen-bond donors (Lipinski definition) is 0. The quantitative estimate of drug-likeness (QED) is 0.852. The number of benzene rings is 2. The minimum absolute atomic E-state index is 0.153. The molecule has 0 saturated carbocycles. The fourth-order valence-corrected chi connectivity index (χ4v) is 2.00. The SMILES string of the molecule is CCN(C(=O)COc1cccc(C#N)c1)c1ccc(F)cc1. The van der Waals surface area contributed by atoms with Crippen LogP contribution in [0.25, 0.3) is 0 Å². The molecule has 0 heterocycles. The number of ether oxygens (including phenoxy) is 1. The first kappa shape index (κ1) is 15.5. The van der Waals surface area contributed by atoms with Gasteiger partial charge in [0.1, 0.15) is 11.6 Å². The summed E-state index contributed by atoms with van der Waals surface area (Å²) in [4.78, 5) is 13.7. The van der Waals surface area contributed by atoms with E-state index in [1.54, 1.807) is 36.4 Å². The molecule has 2 aromatic rings. The zero-order valence-electron chi connectivity index (χ0n) is 12.1. The molecule has 0 bridgehead atoms. The van der Waals surface area contributed by atoms with Crippen LogP contribution in [0.5, 0.6) is 5.75 Å². The topological polar surface area (TPSA) is 53.3 Å². The number of carbonyl (C=O) groups excluding carboxylic acids is 1. The molecule has 0 spiro atoms. The number of halogens is 1. The predicted octanol–water partition coefficient (Wildman–Crippen LogP) is 3.13. The summed E-state index contributed by atoms with van der Waals surface area (Å²) in [6, 6.07) is 14.3. The highest BCUT2D eigenvalue weighted by atomic mass is 19.1. The second kappa shape index (κ2) is 7.23. The molecule has 0 N–H and O–H groups in total. The maximum absolute atomic E-state index is 12.9. The van der Waals surface area contributed by atoms with Crippen molar-refractivity contribution < 1.29 is 13.9 Å². The van der Waals surface area contributed by atoms with Gasteiger partial charge in [-0.15, -0.1) is 0 Å². The van der Waals surface area contributed by atoms with Crippen LogP contribution in [0.1, 0.15) is 12.5 Å². The molecule has 0 aliphatic carbocycles. The maximum Gasteiger partial charge on any atom is 0.264 e. The van der Waals surface area contributed by atoms with Gasteiger partial charge in [-0.05, 0) is 49.4 Å². The van der Waals surface area contributed by atoms with Gasteiger partial charge in [-0.2, -0.15) is 5.26 Å². The molecule has 112 valence electrons. The summed E-state index contributed by atoms with van der Waals surface area (Å²) < 4.78 is 18.4. The molecule has 1 amide bonds. The van der Waals surface area contributed by atoms with Crippen LogP contribution < -0.4 is 9.64 Å². The first-order valence-electron chi connectivity index (χ1n) is 6.83. The van der Waals surface area contributed by atoms with Gasteiger partial charge in [-0.3, -0.25) is 4.79 Å². The first-order valence-corrected chi connectivity index (χ1v) is 6.83. The standard InChI is InChI=1S/C17H15FN2O2/c1-2-20(15-8-6-14(18)7-9-15)17(21)12-22-16-5-3-4-13(10-16)11-19/h3-10H,2,12H2,1H3. The van der Waals surface area contributed by atoms with Gasteiger partial charge in [-0.1, -0.05) is 6.07 Å². The van der Waals surface area contributed by atoms with E-state index in [2.05, 4.69) is 0 Å². The highest BCUT2D eigenvalue weighted by Gasteiger charge is 2.14. The van der Waals surface area contributed by atoms with Crippen molar-refractivity contribution in [2.45, 2.75) is 6.92 Å². The number of hydrogen-bond acceptors (Lipinski definition) is 3. The van der Waals surface area contributed by atoms with Crippen LogP contribution in [-0.2, 0) is 4.79 Å². The van der Waals surface area contributed by atoms with E-state index in [1.165, 1.54) is 17.0 Å². The van der Waals surface area contributed by atoms with Crippen LogP contribution >= 0.6 is 0 Å². The summed E-state index contributed by atoms with van der Waals surface area (Å²) in [5.74, 6) is -0.129. The monoisotopic (exact) mass is 298 g/mol. The molecular formula is C17H15FN2O2. The van der Waals surface area contributed by atoms with Gasteiger partial charge in [0.25, 0.3) is 5.91 Å². The van der Waals surface area contributed by atoms with Crippen molar-refractivity contribution in [1.29, 1.82) is 5.26 Å². The van der Waals surface area contributed by atoms with E-state index in [1.807, 2.05) is 13.0 Å². The Labute approximate surface area is 128 Å². The van der Waals surface area contributed by atoms with Crippen molar-refractivity contribution in [3.8, 4) is 11.8 Å². The number of rotatable bonds is 5. The van der Waals surface area contributed by atoms with Crippen molar-refractivity contribution in [2.24, 2.45) is 0 Å². The molecule has 4 nitrogen and oxygen atoms in total. The Bertz CT molecular complexity index is 693. The molecule has 0 aromatic heterocycles. The van der Waals surface area contributed by atoms with Crippen molar-refractivity contribution in [2.75, 3.05) is 18.1 Å². The summed E-state index contributed by atoms with van der Waals surface area (Å²) in [7, 11) is 0. The molecule has 0 unspecified atom stereocenters. The third-order valence-corrected chi connectivity index (χ3v) is 3.08. The molecule has 0 saturated heterocycles. The van der Waals surface area contributed by atoms with E-state index >= 15 is 0 Å². The van der Waals surface area contributed by atoms with E-state index < -0.39 is 0 Å². The minimum atomic E-state index is -0.350. The molecule has 2 rings (SSSR count). The van der Waals surface area contributed by atoms with Gasteiger partial charge < -0.3 is 9.64 Å². The van der Waals surface area contributed by atoms with Gasteiger partial charge in [0.2, 0.25) is 0 Å². The van der Waals surface area contributed by atoms with Crippen LogP contribution in [0.15, 0.2) is 48.5 Å². The molecule has 0 aliphatic heterocycles. The fourth-order valence-electron chi connectivity index (χ4n) is 2.00. The number of anilines is 1. The fraction of sp³-hybridized carbons (Fsp3) is 0.176. The number of nitrogens with zero attached hydrogens (tertiary/aromatic N) is 2. The molecule has 0 fully saturated rings. The Morgan fingerprint density at radius 1 is 1.27 bits per heavy atom. The third kappa shape index (κ3) is 3.83. The Morgan fingerprint density at radius 3 is 2.64 bits per heavy atom. The highest BCUT2D eigenvalue weighted by molar-refractivity contribution is 5.94. The van der Waals surface area contributed by atoms with E-state index in [0.717, 1.165) is 0 Å². The molecule has 0 aliphatic rings. The zero-order chi connectivity index (χ0) is 15.9. The van der Waals surface area contributed by atoms with Crippen LogP contribution in [0.2, 0.25) is 0 Å². The number of amides is 1. The molecule has 22 heavy (non-hydrogen) atoms. The highest BCUT2D eigenvalue weighted by Crippen LogP contribution is 2.16. The van der Waals surface area contributed by atoms with Crippen molar-refractivity contribution in [1.82, 2.24) is 0 Å². The minimum Gasteiger partial charge on any atom is -0.484 e. The van der Waals surface area contributed by atoms with Gasteiger partial charge in [0, 0.05) is 12.2 Å². The van der Waals surface area contributed by atoms with Crippen LogP contribution in [-0.4, -0.2) is 19.1 Å². The Morgan fingerprint density at radius 2 is 2.00 bits per heavy atom. The van der Waals surface area contributed by atoms with Crippen LogP contribution in [0, 0.1) is 17.1 Å². The van der Waals surface area contributed by atoms with E-state index in [0.29, 0.717) is 23.5 Å². The predicted molar refractivity (Wildman–Crippen MR) is 81.1 cm³/mol. The summed E-state index contributed by atoms with van der Waals surface area (Å²) in [6.07, 6.45) is 0. The normalized spacial score (nSPS) is 9.86. The van der Waals surface area contributed by atoms with Gasteiger partial charge in [0.15, 0.2) is 6.61 Å². The maximum atomic E-state index is 12.9. The molecular weight excluding hydrogens is 283 g/mol. The lowest BCUT2D eigenvalue weighted by molar-refractivity contribution is -0.120. The summed E-state index contributed by atoms with van der Waals surface area (Å²) >= 11 is 0. The Hall–Kier alpha value is -2.87. The van der Waals surface area contributed by atoms with Crippen molar-refractivity contribution >= 4 is 11.6 Å². The Balaban J connectivity index is 2.03. The number of likely N-dealkylation sites (N-methyl/N-ethyl adjacent to an activating group) is 1. The lowest BCUT2D eigenvalue weighted by Crippen LogP contribution is -2.34. The van der Waals surface area contributed by atoms with Crippen LogP contribution in [0.3, 0.4) is 0 Å². The second-order valence-corrected chi connectivity index (χ2v) is 4.54. The second-order valence-electron chi connectivity index (χ2n) is 4.54. The molecule has 2 aromatic carbocycles. The van der Waals surface area contributed by atoms with E-state index in [-0.39, 0.29) is 18.3 Å². The average Bonchev–Trinajstić information content (AvgIpc) is 2.55. The van der Waals surface area contributed by atoms with Crippen LogP contribution in [0.4, 0.5) is 10.1 Å². The smallest absolute Gasteiger partial charge is 0.264 e. The van der Waals surface area contributed by atoms with Gasteiger partial charge >= 0.3 is 0 Å². The first-order chi connectivity index (χ1) is 10.6. The largest absolute Gasteiger partial charge is 0.484 e. The summed E-state index contributed by atoms with van der Waals surface area (Å²) in [6.45, 7) is 2.13. The molecule has 5 heteroatoms. The lowest BCUT2D eigenvalue weighted by Gasteiger charge is -2.21. The van der Waals surface area contributed by atoms with E-state index in [9.17, 15) is 9.18 Å². The van der Waals surface area contributed by atoms with Crippen molar-refractivity contribution in [3.63, 3.8) is 0 Å². The van der Waals surface area contributed by atoms with Crippen molar-refractivity contribution in [3.05, 3.63) is 59.9 Å². The number of nitriles is 1. The summed E-state index contributed by atoms with van der Waals surface area (Å²) in [5, 5.41) is 8.83. The zero-order valence-corrected chi connectivity index (χ0v) is 12.1. The number of carbonyl (C=O) groups is 1. The lowest BCUT2D eigenvalue weighted by atomic mass is 10.2. The average molecular weight is 298 g/mol. The molecule has 0 radical (unpaired) electrons.